The molecule has 6 heteroatoms. The molecule has 0 aliphatic rings. The van der Waals surface area contributed by atoms with Crippen LogP contribution in [-0.2, 0) is 4.79 Å². The molecular formula is C14H20BrFN2O2. The summed E-state index contributed by atoms with van der Waals surface area (Å²) in [5.41, 5.74) is 0.164. The lowest BCUT2D eigenvalue weighted by atomic mass is 10.3. The number of aliphatic hydroxyl groups excluding tert-OH is 1. The zero-order valence-electron chi connectivity index (χ0n) is 11.5. The van der Waals surface area contributed by atoms with Gasteiger partial charge >= 0.3 is 0 Å². The van der Waals surface area contributed by atoms with Gasteiger partial charge < -0.3 is 10.4 Å². The molecule has 0 aliphatic heterocycles. The molecule has 1 amide bonds. The van der Waals surface area contributed by atoms with E-state index in [1.807, 2.05) is 4.90 Å². The van der Waals surface area contributed by atoms with Crippen molar-refractivity contribution in [1.82, 2.24) is 4.90 Å². The minimum Gasteiger partial charge on any atom is -0.395 e. The van der Waals surface area contributed by atoms with Crippen LogP contribution in [0.1, 0.15) is 19.8 Å². The van der Waals surface area contributed by atoms with Gasteiger partial charge in [0.2, 0.25) is 5.91 Å². The SMILES string of the molecule is CCCCN(CCO)CC(=O)Nc1ccc(Br)cc1F. The van der Waals surface area contributed by atoms with Crippen LogP contribution in [0, 0.1) is 5.82 Å². The number of carbonyl (C=O) groups excluding carboxylic acids is 1. The Hall–Kier alpha value is -0.980. The summed E-state index contributed by atoms with van der Waals surface area (Å²) >= 11 is 3.16. The molecule has 0 aromatic heterocycles. The monoisotopic (exact) mass is 346 g/mol. The van der Waals surface area contributed by atoms with Crippen molar-refractivity contribution in [2.45, 2.75) is 19.8 Å². The van der Waals surface area contributed by atoms with Crippen LogP contribution in [0.3, 0.4) is 0 Å². The molecule has 0 aliphatic carbocycles. The van der Waals surface area contributed by atoms with Crippen molar-refractivity contribution < 1.29 is 14.3 Å². The predicted octanol–water partition coefficient (Wildman–Crippen LogP) is 2.62. The van der Waals surface area contributed by atoms with Crippen LogP contribution < -0.4 is 5.32 Å². The molecule has 0 spiro atoms. The van der Waals surface area contributed by atoms with Crippen molar-refractivity contribution in [3.63, 3.8) is 0 Å². The van der Waals surface area contributed by atoms with Crippen molar-refractivity contribution in [2.75, 3.05) is 31.6 Å². The number of unbranched alkanes of at least 4 members (excludes halogenated alkanes) is 1. The van der Waals surface area contributed by atoms with Crippen molar-refractivity contribution in [1.29, 1.82) is 0 Å². The lowest BCUT2D eigenvalue weighted by molar-refractivity contribution is -0.117. The molecule has 4 nitrogen and oxygen atoms in total. The van der Waals surface area contributed by atoms with E-state index in [0.29, 0.717) is 11.0 Å². The van der Waals surface area contributed by atoms with Gasteiger partial charge in [0.1, 0.15) is 5.82 Å². The molecule has 0 heterocycles. The number of benzene rings is 1. The maximum Gasteiger partial charge on any atom is 0.238 e. The number of hydrogen-bond donors (Lipinski definition) is 2. The highest BCUT2D eigenvalue weighted by atomic mass is 79.9. The molecule has 0 unspecified atom stereocenters. The normalized spacial score (nSPS) is 10.8. The third-order valence-corrected chi connectivity index (χ3v) is 3.31. The van der Waals surface area contributed by atoms with Gasteiger partial charge in [0.05, 0.1) is 18.8 Å². The standard InChI is InChI=1S/C14H20BrFN2O2/c1-2-3-6-18(7-8-19)10-14(20)17-13-5-4-11(15)9-12(13)16/h4-5,9,19H,2-3,6-8,10H2,1H3,(H,17,20). The van der Waals surface area contributed by atoms with Crippen LogP contribution in [0.4, 0.5) is 10.1 Å². The van der Waals surface area contributed by atoms with Crippen LogP contribution in [0.25, 0.3) is 0 Å². The Bertz CT molecular complexity index is 443. The zero-order chi connectivity index (χ0) is 15.0. The quantitative estimate of drug-likeness (QED) is 0.760. The van der Waals surface area contributed by atoms with E-state index in [0.717, 1.165) is 19.4 Å². The van der Waals surface area contributed by atoms with E-state index in [9.17, 15) is 9.18 Å². The highest BCUT2D eigenvalue weighted by Gasteiger charge is 2.12. The van der Waals surface area contributed by atoms with Crippen molar-refractivity contribution in [3.05, 3.63) is 28.5 Å². The van der Waals surface area contributed by atoms with Gasteiger partial charge in [0.15, 0.2) is 0 Å². The summed E-state index contributed by atoms with van der Waals surface area (Å²) in [6.07, 6.45) is 1.98. The first kappa shape index (κ1) is 17.1. The molecule has 0 atom stereocenters. The molecule has 2 N–H and O–H groups in total. The Labute approximate surface area is 127 Å². The van der Waals surface area contributed by atoms with Gasteiger partial charge in [0.25, 0.3) is 0 Å². The van der Waals surface area contributed by atoms with Crippen molar-refractivity contribution >= 4 is 27.5 Å². The summed E-state index contributed by atoms with van der Waals surface area (Å²) in [4.78, 5) is 13.7. The van der Waals surface area contributed by atoms with Gasteiger partial charge in [-0.15, -0.1) is 0 Å². The summed E-state index contributed by atoms with van der Waals surface area (Å²) in [6, 6.07) is 4.49. The van der Waals surface area contributed by atoms with Gasteiger partial charge in [-0.3, -0.25) is 9.69 Å². The Morgan fingerprint density at radius 1 is 1.45 bits per heavy atom. The smallest absolute Gasteiger partial charge is 0.238 e. The molecule has 112 valence electrons. The minimum atomic E-state index is -0.477. The molecule has 1 aromatic carbocycles. The largest absolute Gasteiger partial charge is 0.395 e. The second kappa shape index (κ2) is 9.05. The van der Waals surface area contributed by atoms with Crippen molar-refractivity contribution in [3.8, 4) is 0 Å². The number of carbonyl (C=O) groups is 1. The molecular weight excluding hydrogens is 327 g/mol. The second-order valence-corrected chi connectivity index (χ2v) is 5.44. The first-order valence-corrected chi connectivity index (χ1v) is 7.44. The summed E-state index contributed by atoms with van der Waals surface area (Å²) in [6.45, 7) is 3.40. The molecule has 0 radical (unpaired) electrons. The average Bonchev–Trinajstić information content (AvgIpc) is 2.39. The summed E-state index contributed by atoms with van der Waals surface area (Å²) < 4.78 is 14.2. The Kier molecular flexibility index (Phi) is 7.72. The van der Waals surface area contributed by atoms with Crippen LogP contribution in [-0.4, -0.2) is 42.2 Å². The summed E-state index contributed by atoms with van der Waals surface area (Å²) in [5, 5.41) is 11.5. The molecule has 1 aromatic rings. The van der Waals surface area contributed by atoms with E-state index in [1.54, 1.807) is 6.07 Å². The zero-order valence-corrected chi connectivity index (χ0v) is 13.1. The topological polar surface area (TPSA) is 52.6 Å². The third kappa shape index (κ3) is 5.98. The van der Waals surface area contributed by atoms with Gasteiger partial charge in [-0.05, 0) is 31.2 Å². The average molecular weight is 347 g/mol. The van der Waals surface area contributed by atoms with E-state index in [1.165, 1.54) is 12.1 Å². The predicted molar refractivity (Wildman–Crippen MR) is 81.2 cm³/mol. The van der Waals surface area contributed by atoms with Crippen LogP contribution >= 0.6 is 15.9 Å². The maximum absolute atomic E-state index is 13.6. The van der Waals surface area contributed by atoms with Crippen LogP contribution in [0.15, 0.2) is 22.7 Å². The number of halogens is 2. The van der Waals surface area contributed by atoms with E-state index < -0.39 is 5.82 Å². The number of rotatable bonds is 8. The summed E-state index contributed by atoms with van der Waals surface area (Å²) in [7, 11) is 0. The summed E-state index contributed by atoms with van der Waals surface area (Å²) in [5.74, 6) is -0.759. The first-order valence-electron chi connectivity index (χ1n) is 6.65. The number of amides is 1. The highest BCUT2D eigenvalue weighted by Crippen LogP contribution is 2.19. The fourth-order valence-electron chi connectivity index (χ4n) is 1.78. The Morgan fingerprint density at radius 3 is 2.80 bits per heavy atom. The third-order valence-electron chi connectivity index (χ3n) is 2.82. The molecule has 0 bridgehead atoms. The molecule has 0 fully saturated rings. The van der Waals surface area contributed by atoms with E-state index in [4.69, 9.17) is 5.11 Å². The number of nitrogens with one attached hydrogen (secondary N) is 1. The van der Waals surface area contributed by atoms with E-state index in [-0.39, 0.29) is 24.7 Å². The second-order valence-electron chi connectivity index (χ2n) is 4.53. The first-order chi connectivity index (χ1) is 9.56. The number of hydrogen-bond acceptors (Lipinski definition) is 3. The maximum atomic E-state index is 13.6. The van der Waals surface area contributed by atoms with Crippen LogP contribution in [0.5, 0.6) is 0 Å². The Balaban J connectivity index is 2.55. The molecule has 1 rings (SSSR count). The molecule has 0 saturated heterocycles. The number of aliphatic hydroxyl groups is 1. The minimum absolute atomic E-state index is 0.00361. The lowest BCUT2D eigenvalue weighted by Gasteiger charge is -2.20. The van der Waals surface area contributed by atoms with Gasteiger partial charge in [-0.1, -0.05) is 29.3 Å². The van der Waals surface area contributed by atoms with Crippen LogP contribution in [0.2, 0.25) is 0 Å². The van der Waals surface area contributed by atoms with E-state index >= 15 is 0 Å². The van der Waals surface area contributed by atoms with Crippen molar-refractivity contribution in [2.24, 2.45) is 0 Å². The number of nitrogens with zero attached hydrogens (tertiary/aromatic N) is 1. The molecule has 0 saturated carbocycles. The van der Waals surface area contributed by atoms with E-state index in [2.05, 4.69) is 28.2 Å². The molecule has 20 heavy (non-hydrogen) atoms. The fourth-order valence-corrected chi connectivity index (χ4v) is 2.11. The lowest BCUT2D eigenvalue weighted by Crippen LogP contribution is -2.36. The van der Waals surface area contributed by atoms with Gasteiger partial charge in [-0.2, -0.15) is 0 Å². The Morgan fingerprint density at radius 2 is 2.20 bits per heavy atom. The van der Waals surface area contributed by atoms with Gasteiger partial charge in [0, 0.05) is 11.0 Å². The number of anilines is 1. The highest BCUT2D eigenvalue weighted by molar-refractivity contribution is 9.10. The van der Waals surface area contributed by atoms with Gasteiger partial charge in [-0.25, -0.2) is 4.39 Å². The fraction of sp³-hybridized carbons (Fsp3) is 0.500.